The van der Waals surface area contributed by atoms with Gasteiger partial charge in [0.2, 0.25) is 0 Å². The van der Waals surface area contributed by atoms with E-state index in [2.05, 4.69) is 57.8 Å². The molecule has 32 heavy (non-hydrogen) atoms. The van der Waals surface area contributed by atoms with Crippen molar-refractivity contribution in [1.29, 1.82) is 0 Å². The van der Waals surface area contributed by atoms with Crippen LogP contribution in [0.4, 0.5) is 0 Å². The van der Waals surface area contributed by atoms with E-state index in [4.69, 9.17) is 9.73 Å². The van der Waals surface area contributed by atoms with Crippen molar-refractivity contribution in [3.63, 3.8) is 0 Å². The van der Waals surface area contributed by atoms with Crippen molar-refractivity contribution in [1.82, 2.24) is 30.3 Å². The zero-order valence-corrected chi connectivity index (χ0v) is 22.2. The van der Waals surface area contributed by atoms with Crippen molar-refractivity contribution in [2.24, 2.45) is 12.0 Å². The molecule has 8 nitrogen and oxygen atoms in total. The standard InChI is InChI=1S/C23H37N7O.HI/c1-18-7-5-8-19(2)21(18)9-11-25-23(26-17-22-28-27-20(3)29(22)4)24-10-6-12-30-13-15-31-16-14-30;/h5,7-8H,6,9-17H2,1-4H3,(H2,24,25,26);1H. The predicted molar refractivity (Wildman–Crippen MR) is 140 cm³/mol. The fraction of sp³-hybridized carbons (Fsp3) is 0.609. The largest absolute Gasteiger partial charge is 0.379 e. The Morgan fingerprint density at radius 1 is 1.06 bits per heavy atom. The van der Waals surface area contributed by atoms with E-state index in [0.29, 0.717) is 6.54 Å². The molecule has 0 amide bonds. The Morgan fingerprint density at radius 2 is 1.75 bits per heavy atom. The van der Waals surface area contributed by atoms with Gasteiger partial charge in [0.25, 0.3) is 0 Å². The summed E-state index contributed by atoms with van der Waals surface area (Å²) in [6.45, 7) is 13.3. The van der Waals surface area contributed by atoms with Crippen LogP contribution in [-0.4, -0.2) is 71.6 Å². The number of ether oxygens (including phenoxy) is 1. The molecule has 2 N–H and O–H groups in total. The van der Waals surface area contributed by atoms with Crippen LogP contribution in [0, 0.1) is 20.8 Å². The zero-order valence-electron chi connectivity index (χ0n) is 19.9. The average Bonchev–Trinajstić information content (AvgIpc) is 3.09. The summed E-state index contributed by atoms with van der Waals surface area (Å²) in [5.41, 5.74) is 4.09. The third-order valence-corrected chi connectivity index (χ3v) is 5.92. The lowest BCUT2D eigenvalue weighted by molar-refractivity contribution is 0.0376. The van der Waals surface area contributed by atoms with Crippen LogP contribution >= 0.6 is 24.0 Å². The molecule has 0 atom stereocenters. The number of morpholine rings is 1. The predicted octanol–water partition coefficient (Wildman–Crippen LogP) is 2.36. The second-order valence-electron chi connectivity index (χ2n) is 8.17. The molecule has 3 rings (SSSR count). The van der Waals surface area contributed by atoms with Gasteiger partial charge in [-0.05, 0) is 56.8 Å². The van der Waals surface area contributed by atoms with Gasteiger partial charge in [-0.25, -0.2) is 4.99 Å². The van der Waals surface area contributed by atoms with E-state index >= 15 is 0 Å². The van der Waals surface area contributed by atoms with Gasteiger partial charge in [0.05, 0.1) is 13.2 Å². The lowest BCUT2D eigenvalue weighted by Gasteiger charge is -2.26. The fourth-order valence-electron chi connectivity index (χ4n) is 3.80. The minimum absolute atomic E-state index is 0. The highest BCUT2D eigenvalue weighted by Crippen LogP contribution is 2.13. The highest BCUT2D eigenvalue weighted by molar-refractivity contribution is 14.0. The van der Waals surface area contributed by atoms with Crippen molar-refractivity contribution >= 4 is 29.9 Å². The molecule has 0 saturated carbocycles. The first-order valence-electron chi connectivity index (χ1n) is 11.3. The van der Waals surface area contributed by atoms with E-state index in [9.17, 15) is 0 Å². The maximum atomic E-state index is 5.43. The van der Waals surface area contributed by atoms with Gasteiger partial charge in [-0.15, -0.1) is 34.2 Å². The molecule has 2 aromatic rings. The molecule has 178 valence electrons. The van der Waals surface area contributed by atoms with E-state index in [1.807, 2.05) is 18.5 Å². The number of rotatable bonds is 9. The van der Waals surface area contributed by atoms with E-state index in [0.717, 1.165) is 76.4 Å². The van der Waals surface area contributed by atoms with Crippen molar-refractivity contribution in [2.45, 2.75) is 40.2 Å². The van der Waals surface area contributed by atoms with Crippen LogP contribution in [0.2, 0.25) is 0 Å². The van der Waals surface area contributed by atoms with Crippen molar-refractivity contribution in [3.05, 3.63) is 46.5 Å². The number of benzene rings is 1. The molecule has 1 saturated heterocycles. The highest BCUT2D eigenvalue weighted by Gasteiger charge is 2.10. The Morgan fingerprint density at radius 3 is 2.41 bits per heavy atom. The number of hydrogen-bond acceptors (Lipinski definition) is 5. The van der Waals surface area contributed by atoms with Gasteiger partial charge in [-0.1, -0.05) is 18.2 Å². The molecular weight excluding hydrogens is 517 g/mol. The summed E-state index contributed by atoms with van der Waals surface area (Å²) in [5.74, 6) is 2.59. The Bertz CT molecular complexity index is 842. The summed E-state index contributed by atoms with van der Waals surface area (Å²) in [7, 11) is 1.98. The summed E-state index contributed by atoms with van der Waals surface area (Å²) >= 11 is 0. The molecular formula is C23H38IN7O. The summed E-state index contributed by atoms with van der Waals surface area (Å²) in [5, 5.41) is 15.4. The van der Waals surface area contributed by atoms with Crippen LogP contribution in [0.1, 0.15) is 34.8 Å². The number of nitrogens with zero attached hydrogens (tertiary/aromatic N) is 5. The minimum atomic E-state index is 0. The number of halogens is 1. The van der Waals surface area contributed by atoms with Crippen LogP contribution < -0.4 is 10.6 Å². The molecule has 0 bridgehead atoms. The van der Waals surface area contributed by atoms with E-state index in [1.54, 1.807) is 0 Å². The zero-order chi connectivity index (χ0) is 22.1. The SMILES string of the molecule is Cc1cccc(C)c1CCNC(=NCc1nnc(C)n1C)NCCCN1CCOCC1.I. The van der Waals surface area contributed by atoms with Gasteiger partial charge < -0.3 is 19.9 Å². The number of hydrogen-bond donors (Lipinski definition) is 2. The number of aliphatic imine (C=N–C) groups is 1. The summed E-state index contributed by atoms with van der Waals surface area (Å²) in [6.07, 6.45) is 2.04. The van der Waals surface area contributed by atoms with Crippen LogP contribution in [-0.2, 0) is 24.8 Å². The Labute approximate surface area is 209 Å². The third kappa shape index (κ3) is 8.00. The molecule has 9 heteroatoms. The lowest BCUT2D eigenvalue weighted by atomic mass is 10.0. The number of aryl methyl sites for hydroxylation is 3. The van der Waals surface area contributed by atoms with Gasteiger partial charge in [0.15, 0.2) is 11.8 Å². The Balaban J connectivity index is 0.00000363. The first-order valence-corrected chi connectivity index (χ1v) is 11.3. The second kappa shape index (κ2) is 13.7. The van der Waals surface area contributed by atoms with Crippen LogP contribution in [0.15, 0.2) is 23.2 Å². The average molecular weight is 556 g/mol. The molecule has 1 aliphatic heterocycles. The van der Waals surface area contributed by atoms with Gasteiger partial charge >= 0.3 is 0 Å². The van der Waals surface area contributed by atoms with Crippen LogP contribution in [0.3, 0.4) is 0 Å². The summed E-state index contributed by atoms with van der Waals surface area (Å²) in [6, 6.07) is 6.47. The van der Waals surface area contributed by atoms with E-state index in [1.165, 1.54) is 16.7 Å². The quantitative estimate of drug-likeness (QED) is 0.214. The van der Waals surface area contributed by atoms with Gasteiger partial charge in [-0.2, -0.15) is 0 Å². The molecule has 0 radical (unpaired) electrons. The number of nitrogens with one attached hydrogen (secondary N) is 2. The molecule has 0 spiro atoms. The number of aromatic nitrogens is 3. The van der Waals surface area contributed by atoms with Gasteiger partial charge in [0, 0.05) is 33.2 Å². The molecule has 0 unspecified atom stereocenters. The van der Waals surface area contributed by atoms with Crippen molar-refractivity contribution in [3.8, 4) is 0 Å². The number of guanidine groups is 1. The first kappa shape index (κ1) is 26.5. The first-order chi connectivity index (χ1) is 15.0. The van der Waals surface area contributed by atoms with Gasteiger partial charge in [-0.3, -0.25) is 4.90 Å². The molecule has 1 fully saturated rings. The third-order valence-electron chi connectivity index (χ3n) is 5.92. The second-order valence-corrected chi connectivity index (χ2v) is 8.17. The van der Waals surface area contributed by atoms with Gasteiger partial charge in [0.1, 0.15) is 12.4 Å². The fourth-order valence-corrected chi connectivity index (χ4v) is 3.80. The van der Waals surface area contributed by atoms with Crippen LogP contribution in [0.25, 0.3) is 0 Å². The van der Waals surface area contributed by atoms with E-state index in [-0.39, 0.29) is 24.0 Å². The summed E-state index contributed by atoms with van der Waals surface area (Å²) < 4.78 is 7.41. The van der Waals surface area contributed by atoms with Crippen molar-refractivity contribution < 1.29 is 4.74 Å². The molecule has 2 heterocycles. The normalized spacial score (nSPS) is 14.8. The highest BCUT2D eigenvalue weighted by atomic mass is 127. The Kier molecular flexibility index (Phi) is 11.4. The maximum absolute atomic E-state index is 5.43. The molecule has 0 aliphatic carbocycles. The van der Waals surface area contributed by atoms with Crippen LogP contribution in [0.5, 0.6) is 0 Å². The monoisotopic (exact) mass is 555 g/mol. The maximum Gasteiger partial charge on any atom is 0.191 e. The lowest BCUT2D eigenvalue weighted by Crippen LogP contribution is -2.41. The van der Waals surface area contributed by atoms with E-state index < -0.39 is 0 Å². The van der Waals surface area contributed by atoms with Crippen molar-refractivity contribution in [2.75, 3.05) is 45.9 Å². The Hall–Kier alpha value is -1.72. The summed E-state index contributed by atoms with van der Waals surface area (Å²) in [4.78, 5) is 7.22. The molecule has 1 aliphatic rings. The minimum Gasteiger partial charge on any atom is -0.379 e. The smallest absolute Gasteiger partial charge is 0.191 e. The molecule has 1 aromatic heterocycles. The molecule has 1 aromatic carbocycles. The topological polar surface area (TPSA) is 79.6 Å².